The van der Waals surface area contributed by atoms with Gasteiger partial charge in [-0.05, 0) is 48.4 Å². The Morgan fingerprint density at radius 3 is 2.39 bits per heavy atom. The summed E-state index contributed by atoms with van der Waals surface area (Å²) in [6, 6.07) is 9.96. The topological polar surface area (TPSA) is 71.1 Å². The smallest absolute Gasteiger partial charge is 0.348 e. The quantitative estimate of drug-likeness (QED) is 0.574. The minimum absolute atomic E-state index is 0.0816. The molecule has 2 aromatic carbocycles. The van der Waals surface area contributed by atoms with Crippen molar-refractivity contribution in [3.8, 4) is 0 Å². The Labute approximate surface area is 175 Å². The molecule has 0 spiro atoms. The summed E-state index contributed by atoms with van der Waals surface area (Å²) in [4.78, 5) is 29.0. The van der Waals surface area contributed by atoms with Crippen LogP contribution in [0.2, 0.25) is 0 Å². The first-order valence-electron chi connectivity index (χ1n) is 9.11. The Hall–Kier alpha value is -3.75. The number of hydrogen-bond donors (Lipinski definition) is 2. The van der Waals surface area contributed by atoms with Crippen LogP contribution in [0.5, 0.6) is 0 Å². The molecule has 1 heterocycles. The molecule has 0 fully saturated rings. The summed E-state index contributed by atoms with van der Waals surface area (Å²) >= 11 is 0. The van der Waals surface area contributed by atoms with Gasteiger partial charge in [-0.15, -0.1) is 0 Å². The normalized spacial score (nSPS) is 11.1. The summed E-state index contributed by atoms with van der Waals surface area (Å²) in [6.45, 7) is 1.21. The Bertz CT molecular complexity index is 1120. The molecule has 2 amide bonds. The number of hydrogen-bond acceptors (Lipinski definition) is 3. The van der Waals surface area contributed by atoms with Crippen molar-refractivity contribution in [2.45, 2.75) is 19.6 Å². The number of halogens is 4. The first kappa shape index (κ1) is 21.9. The van der Waals surface area contributed by atoms with Crippen LogP contribution in [-0.2, 0) is 12.7 Å². The minimum atomic E-state index is -4.77. The van der Waals surface area contributed by atoms with E-state index >= 15 is 0 Å². The number of carbonyl (C=O) groups excluding carboxylic acids is 2. The molecular formula is C22H17F4N3O2. The van der Waals surface area contributed by atoms with Gasteiger partial charge in [-0.25, -0.2) is 4.39 Å². The zero-order chi connectivity index (χ0) is 22.6. The standard InChI is InChI=1S/C22H17F4N3O2/c1-13-3-2-4-17(19(13)29-20(30)14-7-9-27-10-8-14)21(31)28-12-15-5-6-16(23)11-18(15)22(24,25)26/h2-11H,12H2,1H3,(H,28,31)(H,29,30). The number of para-hydroxylation sites is 1. The molecule has 2 N–H and O–H groups in total. The third-order valence-electron chi connectivity index (χ3n) is 4.52. The van der Waals surface area contributed by atoms with Crippen LogP contribution in [0.3, 0.4) is 0 Å². The molecule has 0 atom stereocenters. The fraction of sp³-hybridized carbons (Fsp3) is 0.136. The average molecular weight is 431 g/mol. The van der Waals surface area contributed by atoms with Crippen LogP contribution in [0.25, 0.3) is 0 Å². The predicted molar refractivity (Wildman–Crippen MR) is 106 cm³/mol. The molecule has 0 saturated heterocycles. The Kier molecular flexibility index (Phi) is 6.33. The van der Waals surface area contributed by atoms with Gasteiger partial charge in [0.05, 0.1) is 16.8 Å². The van der Waals surface area contributed by atoms with Crippen LogP contribution >= 0.6 is 0 Å². The van der Waals surface area contributed by atoms with Crippen LogP contribution in [0.1, 0.15) is 37.4 Å². The number of benzene rings is 2. The number of nitrogens with one attached hydrogen (secondary N) is 2. The molecule has 0 bridgehead atoms. The summed E-state index contributed by atoms with van der Waals surface area (Å²) in [5.74, 6) is -2.18. The lowest BCUT2D eigenvalue weighted by Crippen LogP contribution is -2.26. The first-order valence-corrected chi connectivity index (χ1v) is 9.11. The second-order valence-corrected chi connectivity index (χ2v) is 6.67. The number of aromatic nitrogens is 1. The molecule has 3 rings (SSSR count). The maximum Gasteiger partial charge on any atom is 0.416 e. The van der Waals surface area contributed by atoms with Gasteiger partial charge in [0.1, 0.15) is 5.82 Å². The molecule has 5 nitrogen and oxygen atoms in total. The van der Waals surface area contributed by atoms with Crippen LogP contribution in [0.15, 0.2) is 60.9 Å². The van der Waals surface area contributed by atoms with E-state index in [2.05, 4.69) is 15.6 Å². The lowest BCUT2D eigenvalue weighted by molar-refractivity contribution is -0.138. The van der Waals surface area contributed by atoms with Crippen LogP contribution in [-0.4, -0.2) is 16.8 Å². The van der Waals surface area contributed by atoms with Crippen molar-refractivity contribution in [2.24, 2.45) is 0 Å². The van der Waals surface area contributed by atoms with Crippen molar-refractivity contribution in [1.29, 1.82) is 0 Å². The van der Waals surface area contributed by atoms with Gasteiger partial charge < -0.3 is 10.6 Å². The number of amides is 2. The van der Waals surface area contributed by atoms with E-state index in [4.69, 9.17) is 0 Å². The van der Waals surface area contributed by atoms with Gasteiger partial charge in [0.2, 0.25) is 0 Å². The van der Waals surface area contributed by atoms with Gasteiger partial charge in [-0.3, -0.25) is 14.6 Å². The van der Waals surface area contributed by atoms with Crippen molar-refractivity contribution < 1.29 is 27.2 Å². The maximum absolute atomic E-state index is 13.3. The van der Waals surface area contributed by atoms with Gasteiger partial charge in [0, 0.05) is 24.5 Å². The van der Waals surface area contributed by atoms with E-state index in [-0.39, 0.29) is 16.8 Å². The van der Waals surface area contributed by atoms with Crippen molar-refractivity contribution in [3.05, 3.63) is 94.6 Å². The fourth-order valence-electron chi connectivity index (χ4n) is 2.95. The van der Waals surface area contributed by atoms with Gasteiger partial charge >= 0.3 is 6.18 Å². The number of anilines is 1. The van der Waals surface area contributed by atoms with E-state index in [1.54, 1.807) is 19.1 Å². The fourth-order valence-corrected chi connectivity index (χ4v) is 2.95. The first-order chi connectivity index (χ1) is 14.7. The highest BCUT2D eigenvalue weighted by Gasteiger charge is 2.33. The molecule has 3 aromatic rings. The van der Waals surface area contributed by atoms with E-state index < -0.39 is 35.9 Å². The monoisotopic (exact) mass is 431 g/mol. The number of alkyl halides is 3. The molecule has 31 heavy (non-hydrogen) atoms. The number of aryl methyl sites for hydroxylation is 1. The highest BCUT2D eigenvalue weighted by molar-refractivity contribution is 6.09. The molecule has 9 heteroatoms. The molecule has 0 aliphatic rings. The second kappa shape index (κ2) is 8.95. The Morgan fingerprint density at radius 1 is 1.00 bits per heavy atom. The van der Waals surface area contributed by atoms with Crippen LogP contribution < -0.4 is 10.6 Å². The molecule has 160 valence electrons. The van der Waals surface area contributed by atoms with Gasteiger partial charge in [-0.2, -0.15) is 13.2 Å². The molecule has 0 unspecified atom stereocenters. The van der Waals surface area contributed by atoms with Gasteiger partial charge in [0.15, 0.2) is 0 Å². The van der Waals surface area contributed by atoms with E-state index in [9.17, 15) is 27.2 Å². The Morgan fingerprint density at radius 2 is 1.71 bits per heavy atom. The summed E-state index contributed by atoms with van der Waals surface area (Å²) in [6.07, 6.45) is -1.88. The van der Waals surface area contributed by atoms with E-state index in [0.717, 1.165) is 12.1 Å². The molecule has 0 saturated carbocycles. The van der Waals surface area contributed by atoms with Crippen molar-refractivity contribution in [3.63, 3.8) is 0 Å². The zero-order valence-corrected chi connectivity index (χ0v) is 16.3. The third kappa shape index (κ3) is 5.25. The predicted octanol–water partition coefficient (Wildman–Crippen LogP) is 4.73. The molecular weight excluding hydrogens is 414 g/mol. The summed E-state index contributed by atoms with van der Waals surface area (Å²) in [7, 11) is 0. The van der Waals surface area contributed by atoms with Gasteiger partial charge in [-0.1, -0.05) is 18.2 Å². The van der Waals surface area contributed by atoms with E-state index in [1.165, 1.54) is 30.6 Å². The van der Waals surface area contributed by atoms with E-state index in [0.29, 0.717) is 17.2 Å². The Balaban J connectivity index is 1.82. The summed E-state index contributed by atoms with van der Waals surface area (Å²) in [5, 5.41) is 5.07. The number of carbonyl (C=O) groups is 2. The minimum Gasteiger partial charge on any atom is -0.348 e. The highest BCUT2D eigenvalue weighted by Crippen LogP contribution is 2.32. The zero-order valence-electron chi connectivity index (χ0n) is 16.3. The van der Waals surface area contributed by atoms with Gasteiger partial charge in [0.25, 0.3) is 11.8 Å². The largest absolute Gasteiger partial charge is 0.416 e. The van der Waals surface area contributed by atoms with Crippen LogP contribution in [0.4, 0.5) is 23.2 Å². The lowest BCUT2D eigenvalue weighted by atomic mass is 10.0. The third-order valence-corrected chi connectivity index (χ3v) is 4.52. The molecule has 1 aromatic heterocycles. The number of nitrogens with zero attached hydrogens (tertiary/aromatic N) is 1. The highest BCUT2D eigenvalue weighted by atomic mass is 19.4. The van der Waals surface area contributed by atoms with E-state index in [1.807, 2.05) is 0 Å². The maximum atomic E-state index is 13.3. The molecule has 0 aliphatic heterocycles. The molecule has 0 radical (unpaired) electrons. The second-order valence-electron chi connectivity index (χ2n) is 6.67. The number of rotatable bonds is 5. The van der Waals surface area contributed by atoms with Crippen molar-refractivity contribution in [2.75, 3.05) is 5.32 Å². The van der Waals surface area contributed by atoms with Crippen LogP contribution in [0, 0.1) is 12.7 Å². The molecule has 0 aliphatic carbocycles. The van der Waals surface area contributed by atoms with Crippen molar-refractivity contribution in [1.82, 2.24) is 10.3 Å². The van der Waals surface area contributed by atoms with Crippen molar-refractivity contribution >= 4 is 17.5 Å². The lowest BCUT2D eigenvalue weighted by Gasteiger charge is -2.16. The summed E-state index contributed by atoms with van der Waals surface area (Å²) in [5.41, 5.74) is -0.214. The summed E-state index contributed by atoms with van der Waals surface area (Å²) < 4.78 is 52.8. The number of pyridine rings is 1. The SMILES string of the molecule is Cc1cccc(C(=O)NCc2ccc(F)cc2C(F)(F)F)c1NC(=O)c1ccncc1. The average Bonchev–Trinajstić information content (AvgIpc) is 2.74.